The molecule has 1 aromatic carbocycles. The van der Waals surface area contributed by atoms with Crippen LogP contribution in [-0.4, -0.2) is 48.4 Å². The van der Waals surface area contributed by atoms with Gasteiger partial charge < -0.3 is 9.64 Å². The fraction of sp³-hybridized carbons (Fsp3) is 0.409. The van der Waals surface area contributed by atoms with Gasteiger partial charge in [0.25, 0.3) is 5.91 Å². The molecule has 1 aliphatic rings. The number of hydrogen-bond donors (Lipinski definition) is 0. The predicted octanol–water partition coefficient (Wildman–Crippen LogP) is 3.04. The molecule has 1 amide bonds. The van der Waals surface area contributed by atoms with Crippen LogP contribution >= 0.6 is 0 Å². The zero-order valence-corrected chi connectivity index (χ0v) is 17.1. The van der Waals surface area contributed by atoms with Gasteiger partial charge in [-0.15, -0.1) is 5.10 Å². The second kappa shape index (κ2) is 9.47. The summed E-state index contributed by atoms with van der Waals surface area (Å²) < 4.78 is 7.55. The van der Waals surface area contributed by atoms with Gasteiger partial charge in [-0.2, -0.15) is 0 Å². The predicted molar refractivity (Wildman–Crippen MR) is 111 cm³/mol. The third-order valence-corrected chi connectivity index (χ3v) is 5.30. The number of nitrogens with zero attached hydrogens (tertiary/aromatic N) is 6. The quantitative estimate of drug-likeness (QED) is 0.599. The second-order valence-electron chi connectivity index (χ2n) is 7.55. The topological polar surface area (TPSA) is 86.0 Å². The van der Waals surface area contributed by atoms with Crippen molar-refractivity contribution in [2.75, 3.05) is 6.54 Å². The van der Waals surface area contributed by atoms with Crippen molar-refractivity contribution in [3.63, 3.8) is 0 Å². The van der Waals surface area contributed by atoms with Crippen LogP contribution in [0.2, 0.25) is 0 Å². The van der Waals surface area contributed by atoms with E-state index in [9.17, 15) is 4.79 Å². The third-order valence-electron chi connectivity index (χ3n) is 5.30. The standard InChI is InChI=1S/C22H26N6O2/c1-17-13-24-21(14-23-17)22(29)28-11-6-5-7-19(28)10-12-27-15-18(25-26-27)16-30-20-8-3-2-4-9-20/h2-4,8-9,13-15,19H,5-7,10-12,16H2,1H3. The van der Waals surface area contributed by atoms with E-state index >= 15 is 0 Å². The van der Waals surface area contributed by atoms with Gasteiger partial charge in [0, 0.05) is 25.3 Å². The van der Waals surface area contributed by atoms with Crippen LogP contribution in [-0.2, 0) is 13.2 Å². The van der Waals surface area contributed by atoms with Gasteiger partial charge in [-0.25, -0.2) is 4.98 Å². The van der Waals surface area contributed by atoms with Crippen LogP contribution < -0.4 is 4.74 Å². The van der Waals surface area contributed by atoms with Crippen molar-refractivity contribution >= 4 is 5.91 Å². The number of para-hydroxylation sites is 1. The fourth-order valence-corrected chi connectivity index (χ4v) is 3.69. The van der Waals surface area contributed by atoms with Crippen LogP contribution in [0.5, 0.6) is 5.75 Å². The molecule has 8 nitrogen and oxygen atoms in total. The molecule has 1 saturated heterocycles. The first-order chi connectivity index (χ1) is 14.7. The van der Waals surface area contributed by atoms with E-state index in [4.69, 9.17) is 4.74 Å². The van der Waals surface area contributed by atoms with Gasteiger partial charge in [0.15, 0.2) is 0 Å². The molecule has 1 aliphatic heterocycles. The van der Waals surface area contributed by atoms with Crippen LogP contribution in [0, 0.1) is 6.92 Å². The molecule has 1 atom stereocenters. The minimum absolute atomic E-state index is 0.0391. The largest absolute Gasteiger partial charge is 0.487 e. The third kappa shape index (κ3) is 5.00. The molecule has 0 radical (unpaired) electrons. The molecule has 0 aliphatic carbocycles. The molecule has 30 heavy (non-hydrogen) atoms. The van der Waals surface area contributed by atoms with Gasteiger partial charge in [0.05, 0.1) is 18.1 Å². The molecule has 0 bridgehead atoms. The van der Waals surface area contributed by atoms with Crippen LogP contribution in [0.25, 0.3) is 0 Å². The number of amides is 1. The summed E-state index contributed by atoms with van der Waals surface area (Å²) >= 11 is 0. The van der Waals surface area contributed by atoms with E-state index in [0.717, 1.165) is 49.4 Å². The Morgan fingerprint density at radius 3 is 2.83 bits per heavy atom. The lowest BCUT2D eigenvalue weighted by molar-refractivity contribution is 0.0587. The zero-order valence-electron chi connectivity index (χ0n) is 17.1. The summed E-state index contributed by atoms with van der Waals surface area (Å²) in [5.74, 6) is 0.769. The maximum absolute atomic E-state index is 12.9. The van der Waals surface area contributed by atoms with Crippen molar-refractivity contribution < 1.29 is 9.53 Å². The van der Waals surface area contributed by atoms with Gasteiger partial charge in [0.2, 0.25) is 0 Å². The number of carbonyl (C=O) groups excluding carboxylic acids is 1. The molecule has 1 unspecified atom stereocenters. The molecule has 0 N–H and O–H groups in total. The Hall–Kier alpha value is -3.29. The average molecular weight is 406 g/mol. The first kappa shape index (κ1) is 20.0. The van der Waals surface area contributed by atoms with Crippen molar-refractivity contribution in [2.45, 2.75) is 51.8 Å². The maximum atomic E-state index is 12.9. The Bertz CT molecular complexity index is 957. The highest BCUT2D eigenvalue weighted by Gasteiger charge is 2.28. The summed E-state index contributed by atoms with van der Waals surface area (Å²) in [7, 11) is 0. The molecule has 3 aromatic rings. The lowest BCUT2D eigenvalue weighted by Crippen LogP contribution is -2.44. The molecule has 156 valence electrons. The summed E-state index contributed by atoms with van der Waals surface area (Å²) in [5, 5.41) is 8.41. The molecular weight excluding hydrogens is 380 g/mol. The molecule has 2 aromatic heterocycles. The van der Waals surface area contributed by atoms with Crippen LogP contribution in [0.1, 0.15) is 47.6 Å². The number of piperidine rings is 1. The number of carbonyl (C=O) groups is 1. The number of likely N-dealkylation sites (tertiary alicyclic amines) is 1. The van der Waals surface area contributed by atoms with E-state index in [1.165, 1.54) is 0 Å². The minimum atomic E-state index is -0.0391. The first-order valence-electron chi connectivity index (χ1n) is 10.4. The van der Waals surface area contributed by atoms with Crippen molar-refractivity contribution in [2.24, 2.45) is 0 Å². The van der Waals surface area contributed by atoms with Gasteiger partial charge in [0.1, 0.15) is 23.7 Å². The van der Waals surface area contributed by atoms with Crippen molar-refractivity contribution in [1.29, 1.82) is 0 Å². The van der Waals surface area contributed by atoms with E-state index in [1.54, 1.807) is 12.4 Å². The van der Waals surface area contributed by atoms with E-state index < -0.39 is 0 Å². The maximum Gasteiger partial charge on any atom is 0.274 e. The normalized spacial score (nSPS) is 16.4. The minimum Gasteiger partial charge on any atom is -0.487 e. The highest BCUT2D eigenvalue weighted by Crippen LogP contribution is 2.22. The van der Waals surface area contributed by atoms with Gasteiger partial charge in [-0.1, -0.05) is 23.4 Å². The monoisotopic (exact) mass is 406 g/mol. The van der Waals surface area contributed by atoms with Crippen molar-refractivity contribution in [3.8, 4) is 5.75 Å². The highest BCUT2D eigenvalue weighted by molar-refractivity contribution is 5.92. The summed E-state index contributed by atoms with van der Waals surface area (Å²) in [6.07, 6.45) is 9.08. The van der Waals surface area contributed by atoms with Crippen molar-refractivity contribution in [3.05, 3.63) is 66.0 Å². The molecular formula is C22H26N6O2. The Balaban J connectivity index is 1.33. The number of rotatable bonds is 7. The van der Waals surface area contributed by atoms with Gasteiger partial charge >= 0.3 is 0 Å². The lowest BCUT2D eigenvalue weighted by atomic mass is 9.99. The Kier molecular flexibility index (Phi) is 6.32. The number of ether oxygens (including phenoxy) is 1. The van der Waals surface area contributed by atoms with Crippen LogP contribution in [0.3, 0.4) is 0 Å². The number of benzene rings is 1. The van der Waals surface area contributed by atoms with Crippen LogP contribution in [0.4, 0.5) is 0 Å². The average Bonchev–Trinajstić information content (AvgIpc) is 3.25. The van der Waals surface area contributed by atoms with Gasteiger partial charge in [-0.05, 0) is 44.7 Å². The van der Waals surface area contributed by atoms with E-state index in [1.807, 2.05) is 53.0 Å². The molecule has 1 fully saturated rings. The fourth-order valence-electron chi connectivity index (χ4n) is 3.69. The number of hydrogen-bond acceptors (Lipinski definition) is 6. The summed E-state index contributed by atoms with van der Waals surface area (Å²) in [6, 6.07) is 9.82. The Morgan fingerprint density at radius 1 is 1.17 bits per heavy atom. The lowest BCUT2D eigenvalue weighted by Gasteiger charge is -2.35. The van der Waals surface area contributed by atoms with E-state index in [0.29, 0.717) is 18.8 Å². The second-order valence-corrected chi connectivity index (χ2v) is 7.55. The van der Waals surface area contributed by atoms with E-state index in [2.05, 4.69) is 20.3 Å². The molecule has 3 heterocycles. The highest BCUT2D eigenvalue weighted by atomic mass is 16.5. The smallest absolute Gasteiger partial charge is 0.274 e. The zero-order chi connectivity index (χ0) is 20.8. The summed E-state index contributed by atoms with van der Waals surface area (Å²) in [6.45, 7) is 3.70. The van der Waals surface area contributed by atoms with Gasteiger partial charge in [-0.3, -0.25) is 14.5 Å². The molecule has 0 spiro atoms. The number of aryl methyl sites for hydroxylation is 2. The Labute approximate surface area is 175 Å². The van der Waals surface area contributed by atoms with E-state index in [-0.39, 0.29) is 11.9 Å². The number of aromatic nitrogens is 5. The summed E-state index contributed by atoms with van der Waals surface area (Å²) in [5.41, 5.74) is 2.00. The molecule has 8 heteroatoms. The Morgan fingerprint density at radius 2 is 2.03 bits per heavy atom. The van der Waals surface area contributed by atoms with Crippen molar-refractivity contribution in [1.82, 2.24) is 29.9 Å². The SMILES string of the molecule is Cc1cnc(C(=O)N2CCCCC2CCn2cc(COc3ccccc3)nn2)cn1. The molecule has 4 rings (SSSR count). The molecule has 0 saturated carbocycles. The summed E-state index contributed by atoms with van der Waals surface area (Å²) in [4.78, 5) is 23.3. The van der Waals surface area contributed by atoms with Crippen LogP contribution in [0.15, 0.2) is 48.9 Å². The first-order valence-corrected chi connectivity index (χ1v) is 10.4.